The average Bonchev–Trinajstić information content (AvgIpc) is 1.65. The van der Waals surface area contributed by atoms with Gasteiger partial charge in [0.15, 0.2) is 0 Å². The highest BCUT2D eigenvalue weighted by molar-refractivity contribution is 7.81. The molecule has 46 valence electrons. The smallest absolute Gasteiger partial charge is 0.0139 e. The van der Waals surface area contributed by atoms with Crippen LogP contribution < -0.4 is 0 Å². The molecule has 0 spiro atoms. The number of rotatable bonds is 0. The Labute approximate surface area is 56.4 Å². The van der Waals surface area contributed by atoms with E-state index in [-0.39, 0.29) is 4.75 Å². The third-order valence-electron chi connectivity index (χ3n) is 1.57. The molecule has 0 heterocycles. The van der Waals surface area contributed by atoms with Crippen molar-refractivity contribution in [3.63, 3.8) is 0 Å². The van der Waals surface area contributed by atoms with Gasteiger partial charge in [0.2, 0.25) is 0 Å². The average molecular weight is 128 g/mol. The molecule has 0 amide bonds. The van der Waals surface area contributed by atoms with Crippen molar-refractivity contribution >= 4 is 12.6 Å². The maximum absolute atomic E-state index is 4.47. The van der Waals surface area contributed by atoms with Gasteiger partial charge in [0.25, 0.3) is 0 Å². The summed E-state index contributed by atoms with van der Waals surface area (Å²) in [6.07, 6.45) is 8.02. The van der Waals surface area contributed by atoms with E-state index in [1.807, 2.05) is 0 Å². The van der Waals surface area contributed by atoms with Gasteiger partial charge in [-0.1, -0.05) is 19.1 Å². The third kappa shape index (κ3) is 1.55. The molecule has 0 bridgehead atoms. The number of allylic oxidation sites excluding steroid dienone is 2. The minimum atomic E-state index is 0.286. The fourth-order valence-electron chi connectivity index (χ4n) is 0.951. The van der Waals surface area contributed by atoms with Crippen molar-refractivity contribution in [2.75, 3.05) is 0 Å². The van der Waals surface area contributed by atoms with Gasteiger partial charge in [0.1, 0.15) is 0 Å². The zero-order valence-corrected chi connectivity index (χ0v) is 6.12. The Kier molecular flexibility index (Phi) is 1.66. The lowest BCUT2D eigenvalue weighted by molar-refractivity contribution is 0.584. The summed E-state index contributed by atoms with van der Waals surface area (Å²) in [5.41, 5.74) is 0. The van der Waals surface area contributed by atoms with Crippen LogP contribution in [-0.2, 0) is 0 Å². The molecule has 1 aliphatic carbocycles. The summed E-state index contributed by atoms with van der Waals surface area (Å²) in [5.74, 6) is 0. The first kappa shape index (κ1) is 6.21. The highest BCUT2D eigenvalue weighted by Crippen LogP contribution is 2.28. The van der Waals surface area contributed by atoms with Crippen molar-refractivity contribution in [2.45, 2.75) is 30.9 Å². The molecule has 0 radical (unpaired) electrons. The van der Waals surface area contributed by atoms with Gasteiger partial charge in [-0.15, -0.1) is 0 Å². The van der Waals surface area contributed by atoms with Crippen LogP contribution in [0.5, 0.6) is 0 Å². The SMILES string of the molecule is CC1(S)CC=CCC1. The molecular formula is C7H12S. The van der Waals surface area contributed by atoms with Gasteiger partial charge in [-0.05, 0) is 19.3 Å². The summed E-state index contributed by atoms with van der Waals surface area (Å²) in [6, 6.07) is 0. The predicted octanol–water partition coefficient (Wildman–Crippen LogP) is 2.42. The molecule has 1 unspecified atom stereocenters. The fourth-order valence-corrected chi connectivity index (χ4v) is 1.19. The summed E-state index contributed by atoms with van der Waals surface area (Å²) in [6.45, 7) is 2.19. The van der Waals surface area contributed by atoms with E-state index in [0.717, 1.165) is 6.42 Å². The fraction of sp³-hybridized carbons (Fsp3) is 0.714. The molecule has 1 aliphatic rings. The van der Waals surface area contributed by atoms with E-state index in [0.29, 0.717) is 0 Å². The molecule has 0 aliphatic heterocycles. The predicted molar refractivity (Wildman–Crippen MR) is 40.4 cm³/mol. The molecule has 1 heteroatoms. The molecule has 0 aromatic rings. The maximum atomic E-state index is 4.47. The molecule has 0 aromatic heterocycles. The lowest BCUT2D eigenvalue weighted by atomic mass is 9.95. The standard InChI is InChI=1S/C7H12S/c1-7(8)5-3-2-4-6-7/h2-3,8H,4-6H2,1H3. The first-order valence-corrected chi connectivity index (χ1v) is 3.53. The Morgan fingerprint density at radius 1 is 1.50 bits per heavy atom. The zero-order chi connectivity index (χ0) is 6.04. The van der Waals surface area contributed by atoms with Crippen molar-refractivity contribution in [2.24, 2.45) is 0 Å². The van der Waals surface area contributed by atoms with Crippen molar-refractivity contribution in [3.05, 3.63) is 12.2 Å². The molecule has 1 rings (SSSR count). The van der Waals surface area contributed by atoms with Crippen molar-refractivity contribution in [1.82, 2.24) is 0 Å². The van der Waals surface area contributed by atoms with Crippen LogP contribution in [-0.4, -0.2) is 4.75 Å². The van der Waals surface area contributed by atoms with Gasteiger partial charge in [-0.3, -0.25) is 0 Å². The van der Waals surface area contributed by atoms with E-state index < -0.39 is 0 Å². The zero-order valence-electron chi connectivity index (χ0n) is 5.22. The Balaban J connectivity index is 2.50. The first-order chi connectivity index (χ1) is 3.71. The van der Waals surface area contributed by atoms with Crippen molar-refractivity contribution < 1.29 is 0 Å². The number of thiol groups is 1. The molecule has 0 fully saturated rings. The summed E-state index contributed by atoms with van der Waals surface area (Å²) in [4.78, 5) is 0. The van der Waals surface area contributed by atoms with Crippen LogP contribution >= 0.6 is 12.6 Å². The molecule has 0 saturated carbocycles. The summed E-state index contributed by atoms with van der Waals surface area (Å²) < 4.78 is 0.286. The van der Waals surface area contributed by atoms with Crippen LogP contribution in [0.2, 0.25) is 0 Å². The number of hydrogen-bond donors (Lipinski definition) is 1. The van der Waals surface area contributed by atoms with E-state index in [1.165, 1.54) is 12.8 Å². The Hall–Kier alpha value is 0.0900. The van der Waals surface area contributed by atoms with Crippen LogP contribution in [0.25, 0.3) is 0 Å². The molecule has 8 heavy (non-hydrogen) atoms. The van der Waals surface area contributed by atoms with Crippen LogP contribution in [0, 0.1) is 0 Å². The summed E-state index contributed by atoms with van der Waals surface area (Å²) >= 11 is 4.47. The van der Waals surface area contributed by atoms with Gasteiger partial charge in [0.05, 0.1) is 0 Å². The van der Waals surface area contributed by atoms with E-state index in [2.05, 4.69) is 31.7 Å². The van der Waals surface area contributed by atoms with Crippen LogP contribution in [0.4, 0.5) is 0 Å². The van der Waals surface area contributed by atoms with Gasteiger partial charge in [-0.25, -0.2) is 0 Å². The topological polar surface area (TPSA) is 0 Å². The van der Waals surface area contributed by atoms with Gasteiger partial charge in [-0.2, -0.15) is 12.6 Å². The van der Waals surface area contributed by atoms with E-state index in [9.17, 15) is 0 Å². The van der Waals surface area contributed by atoms with Gasteiger partial charge >= 0.3 is 0 Å². The Bertz CT molecular complexity index is 103. The maximum Gasteiger partial charge on any atom is 0.0139 e. The third-order valence-corrected chi connectivity index (χ3v) is 1.98. The second-order valence-electron chi connectivity index (χ2n) is 2.71. The van der Waals surface area contributed by atoms with Crippen molar-refractivity contribution in [1.29, 1.82) is 0 Å². The largest absolute Gasteiger partial charge is 0.172 e. The van der Waals surface area contributed by atoms with Gasteiger partial charge < -0.3 is 0 Å². The summed E-state index contributed by atoms with van der Waals surface area (Å²) in [5, 5.41) is 0. The van der Waals surface area contributed by atoms with Crippen LogP contribution in [0.1, 0.15) is 26.2 Å². The van der Waals surface area contributed by atoms with Gasteiger partial charge in [0, 0.05) is 4.75 Å². The van der Waals surface area contributed by atoms with Crippen LogP contribution in [0.3, 0.4) is 0 Å². The lowest BCUT2D eigenvalue weighted by Crippen LogP contribution is -2.16. The molecular weight excluding hydrogens is 116 g/mol. The molecule has 1 atom stereocenters. The minimum Gasteiger partial charge on any atom is -0.172 e. The van der Waals surface area contributed by atoms with Crippen molar-refractivity contribution in [3.8, 4) is 0 Å². The van der Waals surface area contributed by atoms with E-state index >= 15 is 0 Å². The van der Waals surface area contributed by atoms with E-state index in [1.54, 1.807) is 0 Å². The lowest BCUT2D eigenvalue weighted by Gasteiger charge is -2.23. The molecule has 0 N–H and O–H groups in total. The highest BCUT2D eigenvalue weighted by Gasteiger charge is 2.17. The number of hydrogen-bond acceptors (Lipinski definition) is 1. The minimum absolute atomic E-state index is 0.286. The quantitative estimate of drug-likeness (QED) is 0.376. The Morgan fingerprint density at radius 3 is 2.50 bits per heavy atom. The molecule has 0 saturated heterocycles. The first-order valence-electron chi connectivity index (χ1n) is 3.08. The summed E-state index contributed by atoms with van der Waals surface area (Å²) in [7, 11) is 0. The molecule has 0 aromatic carbocycles. The second kappa shape index (κ2) is 2.14. The second-order valence-corrected chi connectivity index (χ2v) is 3.79. The van der Waals surface area contributed by atoms with Crippen LogP contribution in [0.15, 0.2) is 12.2 Å². The Morgan fingerprint density at radius 2 is 2.25 bits per heavy atom. The monoisotopic (exact) mass is 128 g/mol. The molecule has 0 nitrogen and oxygen atoms in total. The highest BCUT2D eigenvalue weighted by atomic mass is 32.1. The normalized spacial score (nSPS) is 37.8. The van der Waals surface area contributed by atoms with E-state index in [4.69, 9.17) is 0 Å².